The smallest absolute Gasteiger partial charge is 0.0501 e. The summed E-state index contributed by atoms with van der Waals surface area (Å²) in [6.07, 6.45) is 4.26. The fourth-order valence-corrected chi connectivity index (χ4v) is 3.40. The first-order valence-corrected chi connectivity index (χ1v) is 6.17. The highest BCUT2D eigenvalue weighted by Gasteiger charge is 2.53. The predicted octanol–water partition coefficient (Wildman–Crippen LogP) is 1.66. The molecule has 3 rings (SSSR count). The van der Waals surface area contributed by atoms with Crippen LogP contribution in [0.1, 0.15) is 26.2 Å². The van der Waals surface area contributed by atoms with Crippen molar-refractivity contribution < 1.29 is 4.74 Å². The van der Waals surface area contributed by atoms with Crippen LogP contribution >= 0.6 is 0 Å². The highest BCUT2D eigenvalue weighted by molar-refractivity contribution is 5.01. The molecule has 0 aromatic rings. The van der Waals surface area contributed by atoms with Gasteiger partial charge < -0.3 is 10.1 Å². The number of nitrogens with one attached hydrogen (secondary N) is 1. The van der Waals surface area contributed by atoms with Crippen molar-refractivity contribution in [3.05, 3.63) is 0 Å². The molecule has 4 atom stereocenters. The normalized spacial score (nSPS) is 50.8. The molecular weight excluding hydrogens is 174 g/mol. The van der Waals surface area contributed by atoms with E-state index in [-0.39, 0.29) is 0 Å². The first-order valence-electron chi connectivity index (χ1n) is 6.17. The van der Waals surface area contributed by atoms with Gasteiger partial charge in [-0.15, -0.1) is 0 Å². The van der Waals surface area contributed by atoms with Gasteiger partial charge in [-0.05, 0) is 43.1 Å². The molecule has 1 aliphatic heterocycles. The lowest BCUT2D eigenvalue weighted by Gasteiger charge is -2.17. The van der Waals surface area contributed by atoms with Gasteiger partial charge in [-0.1, -0.05) is 13.3 Å². The van der Waals surface area contributed by atoms with Gasteiger partial charge in [0.05, 0.1) is 13.2 Å². The molecule has 0 aromatic carbocycles. The van der Waals surface area contributed by atoms with Crippen molar-refractivity contribution in [2.75, 3.05) is 19.8 Å². The van der Waals surface area contributed by atoms with Gasteiger partial charge in [0, 0.05) is 6.04 Å². The lowest BCUT2D eigenvalue weighted by atomic mass is 10.1. The Morgan fingerprint density at radius 3 is 2.64 bits per heavy atom. The van der Waals surface area contributed by atoms with E-state index in [4.69, 9.17) is 4.74 Å². The summed E-state index contributed by atoms with van der Waals surface area (Å²) in [5.74, 6) is 3.69. The number of hydrogen-bond donors (Lipinski definition) is 1. The quantitative estimate of drug-likeness (QED) is 0.739. The Labute approximate surface area is 86.4 Å². The molecule has 2 saturated carbocycles. The average Bonchev–Trinajstić information content (AvgIpc) is 2.57. The average molecular weight is 195 g/mol. The molecule has 14 heavy (non-hydrogen) atoms. The van der Waals surface area contributed by atoms with Crippen molar-refractivity contribution in [1.82, 2.24) is 5.32 Å². The largest absolute Gasteiger partial charge is 0.381 e. The van der Waals surface area contributed by atoms with Crippen LogP contribution < -0.4 is 5.32 Å². The minimum atomic E-state index is 0.817. The van der Waals surface area contributed by atoms with Crippen molar-refractivity contribution in [3.63, 3.8) is 0 Å². The monoisotopic (exact) mass is 195 g/mol. The van der Waals surface area contributed by atoms with Gasteiger partial charge in [-0.3, -0.25) is 0 Å². The molecule has 0 amide bonds. The van der Waals surface area contributed by atoms with E-state index in [9.17, 15) is 0 Å². The molecule has 1 saturated heterocycles. The zero-order valence-electron chi connectivity index (χ0n) is 9.04. The molecule has 3 fully saturated rings. The van der Waals surface area contributed by atoms with Crippen molar-refractivity contribution in [3.8, 4) is 0 Å². The summed E-state index contributed by atoms with van der Waals surface area (Å²) in [7, 11) is 0. The zero-order valence-corrected chi connectivity index (χ0v) is 9.04. The fourth-order valence-electron chi connectivity index (χ4n) is 3.40. The van der Waals surface area contributed by atoms with Crippen LogP contribution in [-0.2, 0) is 4.74 Å². The van der Waals surface area contributed by atoms with E-state index in [2.05, 4.69) is 12.2 Å². The predicted molar refractivity (Wildman–Crippen MR) is 56.1 cm³/mol. The van der Waals surface area contributed by atoms with Crippen molar-refractivity contribution in [1.29, 1.82) is 0 Å². The summed E-state index contributed by atoms with van der Waals surface area (Å²) in [6.45, 7) is 5.73. The van der Waals surface area contributed by atoms with Crippen LogP contribution in [-0.4, -0.2) is 25.8 Å². The van der Waals surface area contributed by atoms with E-state index in [1.165, 1.54) is 25.8 Å². The van der Waals surface area contributed by atoms with Crippen LogP contribution in [0.2, 0.25) is 0 Å². The van der Waals surface area contributed by atoms with E-state index in [1.54, 1.807) is 0 Å². The molecule has 80 valence electrons. The summed E-state index contributed by atoms with van der Waals surface area (Å²) in [4.78, 5) is 0. The molecular formula is C12H21NO. The topological polar surface area (TPSA) is 21.3 Å². The zero-order chi connectivity index (χ0) is 9.54. The minimum absolute atomic E-state index is 0.817. The lowest BCUT2D eigenvalue weighted by Crippen LogP contribution is -2.33. The fraction of sp³-hybridized carbons (Fsp3) is 1.00. The summed E-state index contributed by atoms with van der Waals surface area (Å²) in [5.41, 5.74) is 0. The first kappa shape index (κ1) is 9.17. The van der Waals surface area contributed by atoms with Crippen molar-refractivity contribution in [2.45, 2.75) is 32.2 Å². The third-order valence-corrected chi connectivity index (χ3v) is 4.61. The molecule has 4 unspecified atom stereocenters. The second-order valence-electron chi connectivity index (χ2n) is 5.45. The van der Waals surface area contributed by atoms with Crippen LogP contribution in [0.15, 0.2) is 0 Å². The number of ether oxygens (including phenoxy) is 1. The van der Waals surface area contributed by atoms with E-state index in [1.807, 2.05) is 0 Å². The third kappa shape index (κ3) is 1.49. The van der Waals surface area contributed by atoms with Gasteiger partial charge in [0.15, 0.2) is 0 Å². The Morgan fingerprint density at radius 1 is 1.21 bits per heavy atom. The van der Waals surface area contributed by atoms with Crippen molar-refractivity contribution in [2.24, 2.45) is 23.7 Å². The number of rotatable bonds is 3. The van der Waals surface area contributed by atoms with Gasteiger partial charge in [0.2, 0.25) is 0 Å². The molecule has 0 spiro atoms. The molecule has 2 aliphatic carbocycles. The van der Waals surface area contributed by atoms with E-state index >= 15 is 0 Å². The second kappa shape index (κ2) is 3.49. The van der Waals surface area contributed by atoms with Crippen LogP contribution in [0.25, 0.3) is 0 Å². The maximum atomic E-state index is 5.40. The highest BCUT2D eigenvalue weighted by atomic mass is 16.5. The summed E-state index contributed by atoms with van der Waals surface area (Å²) < 4.78 is 5.40. The molecule has 1 N–H and O–H groups in total. The van der Waals surface area contributed by atoms with E-state index in [0.29, 0.717) is 0 Å². The maximum Gasteiger partial charge on any atom is 0.0501 e. The Morgan fingerprint density at radius 2 is 2.00 bits per heavy atom. The molecule has 0 radical (unpaired) electrons. The highest BCUT2D eigenvalue weighted by Crippen LogP contribution is 2.50. The Kier molecular flexibility index (Phi) is 2.29. The van der Waals surface area contributed by atoms with E-state index < -0.39 is 0 Å². The molecule has 2 nitrogen and oxygen atoms in total. The molecule has 3 aliphatic rings. The Hall–Kier alpha value is -0.0800. The van der Waals surface area contributed by atoms with E-state index in [0.717, 1.165) is 42.9 Å². The molecule has 0 aromatic heterocycles. The summed E-state index contributed by atoms with van der Waals surface area (Å²) in [6, 6.07) is 0.817. The first-order chi connectivity index (χ1) is 6.86. The lowest BCUT2D eigenvalue weighted by molar-refractivity contribution is 0.149. The Balaban J connectivity index is 1.42. The minimum Gasteiger partial charge on any atom is -0.381 e. The number of fused-ring (bicyclic) bond motifs is 1. The van der Waals surface area contributed by atoms with Crippen LogP contribution in [0, 0.1) is 23.7 Å². The summed E-state index contributed by atoms with van der Waals surface area (Å²) >= 11 is 0. The second-order valence-corrected chi connectivity index (χ2v) is 5.45. The Bertz CT molecular complexity index is 208. The van der Waals surface area contributed by atoms with Crippen LogP contribution in [0.3, 0.4) is 0 Å². The van der Waals surface area contributed by atoms with Gasteiger partial charge in [0.25, 0.3) is 0 Å². The van der Waals surface area contributed by atoms with Crippen molar-refractivity contribution >= 4 is 0 Å². The van der Waals surface area contributed by atoms with Crippen LogP contribution in [0.5, 0.6) is 0 Å². The van der Waals surface area contributed by atoms with Gasteiger partial charge in [0.1, 0.15) is 0 Å². The van der Waals surface area contributed by atoms with Gasteiger partial charge in [-0.2, -0.15) is 0 Å². The molecule has 1 heterocycles. The molecule has 2 heteroatoms. The third-order valence-electron chi connectivity index (χ3n) is 4.61. The molecule has 0 bridgehead atoms. The number of hydrogen-bond acceptors (Lipinski definition) is 2. The summed E-state index contributed by atoms with van der Waals surface area (Å²) in [5, 5.41) is 3.77. The van der Waals surface area contributed by atoms with Crippen LogP contribution in [0.4, 0.5) is 0 Å². The van der Waals surface area contributed by atoms with Gasteiger partial charge in [-0.25, -0.2) is 0 Å². The SMILES string of the molecule is CC1CCCC1NCC1C2COCC12. The maximum absolute atomic E-state index is 5.40. The standard InChI is InChI=1S/C12H21NO/c1-8-3-2-4-12(8)13-5-9-10-6-14-7-11(9)10/h8-13H,2-7H2,1H3. The van der Waals surface area contributed by atoms with Gasteiger partial charge >= 0.3 is 0 Å².